The normalized spacial score (nSPS) is 15.1. The van der Waals surface area contributed by atoms with Crippen LogP contribution in [0.4, 0.5) is 5.69 Å². The summed E-state index contributed by atoms with van der Waals surface area (Å²) in [5.41, 5.74) is 2.52. The predicted molar refractivity (Wildman–Crippen MR) is 63.8 cm³/mol. The lowest BCUT2D eigenvalue weighted by Crippen LogP contribution is -2.11. The summed E-state index contributed by atoms with van der Waals surface area (Å²) in [6, 6.07) is 6.50. The van der Waals surface area contributed by atoms with Crippen LogP contribution in [0, 0.1) is 0 Å². The average Bonchev–Trinajstić information content (AvgIpc) is 3.01. The van der Waals surface area contributed by atoms with Crippen molar-refractivity contribution < 1.29 is 4.74 Å². The summed E-state index contributed by atoms with van der Waals surface area (Å²) >= 11 is 0. The van der Waals surface area contributed by atoms with Crippen LogP contribution in [0.2, 0.25) is 0 Å². The predicted octanol–water partition coefficient (Wildman–Crippen LogP) is 2.86. The third-order valence-corrected chi connectivity index (χ3v) is 2.73. The minimum absolute atomic E-state index is 0.468. The zero-order valence-corrected chi connectivity index (χ0v) is 9.79. The van der Waals surface area contributed by atoms with Gasteiger partial charge in [0.1, 0.15) is 5.75 Å². The van der Waals surface area contributed by atoms with E-state index in [0.717, 1.165) is 12.2 Å². The Kier molecular flexibility index (Phi) is 2.85. The first-order chi connectivity index (χ1) is 7.20. The Hall–Kier alpha value is -1.18. The van der Waals surface area contributed by atoms with Crippen molar-refractivity contribution in [3.8, 4) is 5.75 Å². The van der Waals surface area contributed by atoms with Crippen molar-refractivity contribution in [3.63, 3.8) is 0 Å². The van der Waals surface area contributed by atoms with Gasteiger partial charge in [-0.05, 0) is 37.0 Å². The van der Waals surface area contributed by atoms with Crippen LogP contribution in [-0.4, -0.2) is 20.2 Å². The number of anilines is 1. The molecule has 0 spiro atoms. The number of nitrogens with zero attached hydrogens (tertiary/aromatic N) is 1. The van der Waals surface area contributed by atoms with E-state index in [1.165, 1.54) is 24.1 Å². The molecule has 0 bridgehead atoms. The molecule has 0 aliphatic heterocycles. The first-order valence-corrected chi connectivity index (χ1v) is 5.67. The van der Waals surface area contributed by atoms with Crippen LogP contribution in [0.5, 0.6) is 5.75 Å². The third kappa shape index (κ3) is 2.44. The molecule has 0 aromatic heterocycles. The highest BCUT2D eigenvalue weighted by Crippen LogP contribution is 2.34. The fourth-order valence-electron chi connectivity index (χ4n) is 1.61. The SMILES string of the molecule is CCc1ccc(N(C)C)c(OC2CC2)c1. The van der Waals surface area contributed by atoms with Gasteiger partial charge in [0.05, 0.1) is 11.8 Å². The molecule has 0 heterocycles. The van der Waals surface area contributed by atoms with Crippen molar-refractivity contribution in [2.45, 2.75) is 32.3 Å². The number of aryl methyl sites for hydroxylation is 1. The van der Waals surface area contributed by atoms with Crippen molar-refractivity contribution in [3.05, 3.63) is 23.8 Å². The number of rotatable bonds is 4. The number of hydrogen-bond acceptors (Lipinski definition) is 2. The number of hydrogen-bond donors (Lipinski definition) is 0. The van der Waals surface area contributed by atoms with Crippen molar-refractivity contribution >= 4 is 5.69 Å². The third-order valence-electron chi connectivity index (χ3n) is 2.73. The first kappa shape index (κ1) is 10.3. The van der Waals surface area contributed by atoms with E-state index < -0.39 is 0 Å². The minimum atomic E-state index is 0.468. The zero-order valence-electron chi connectivity index (χ0n) is 9.79. The van der Waals surface area contributed by atoms with Crippen molar-refractivity contribution in [2.24, 2.45) is 0 Å². The monoisotopic (exact) mass is 205 g/mol. The maximum absolute atomic E-state index is 5.92. The highest BCUT2D eigenvalue weighted by Gasteiger charge is 2.24. The van der Waals surface area contributed by atoms with E-state index in [9.17, 15) is 0 Å². The van der Waals surface area contributed by atoms with Gasteiger partial charge in [0.25, 0.3) is 0 Å². The first-order valence-electron chi connectivity index (χ1n) is 5.67. The quantitative estimate of drug-likeness (QED) is 0.749. The number of ether oxygens (including phenoxy) is 1. The Morgan fingerprint density at radius 3 is 2.60 bits per heavy atom. The molecular formula is C13H19NO. The molecule has 0 amide bonds. The molecule has 1 saturated carbocycles. The molecule has 1 aromatic rings. The van der Waals surface area contributed by atoms with Crippen LogP contribution in [-0.2, 0) is 6.42 Å². The second-order valence-electron chi connectivity index (χ2n) is 4.37. The van der Waals surface area contributed by atoms with Gasteiger partial charge in [0, 0.05) is 14.1 Å². The van der Waals surface area contributed by atoms with Gasteiger partial charge in [0.15, 0.2) is 0 Å². The van der Waals surface area contributed by atoms with Crippen molar-refractivity contribution in [2.75, 3.05) is 19.0 Å². The van der Waals surface area contributed by atoms with Gasteiger partial charge in [-0.25, -0.2) is 0 Å². The molecule has 2 rings (SSSR count). The van der Waals surface area contributed by atoms with E-state index in [-0.39, 0.29) is 0 Å². The summed E-state index contributed by atoms with van der Waals surface area (Å²) < 4.78 is 5.92. The standard InChI is InChI=1S/C13H19NO/c1-4-10-5-8-12(14(2)3)13(9-10)15-11-6-7-11/h5,8-9,11H,4,6-7H2,1-3H3. The Labute approximate surface area is 91.9 Å². The van der Waals surface area contributed by atoms with Gasteiger partial charge in [-0.2, -0.15) is 0 Å². The Morgan fingerprint density at radius 1 is 1.33 bits per heavy atom. The Balaban J connectivity index is 2.26. The maximum atomic E-state index is 5.92. The molecule has 0 radical (unpaired) electrons. The molecule has 82 valence electrons. The van der Waals surface area contributed by atoms with E-state index in [0.29, 0.717) is 6.10 Å². The van der Waals surface area contributed by atoms with Crippen LogP contribution < -0.4 is 9.64 Å². The van der Waals surface area contributed by atoms with E-state index in [2.05, 4.69) is 44.1 Å². The van der Waals surface area contributed by atoms with Crippen LogP contribution in [0.25, 0.3) is 0 Å². The van der Waals surface area contributed by atoms with E-state index in [1.807, 2.05) is 0 Å². The van der Waals surface area contributed by atoms with Gasteiger partial charge >= 0.3 is 0 Å². The summed E-state index contributed by atoms with van der Waals surface area (Å²) in [6.45, 7) is 2.17. The van der Waals surface area contributed by atoms with E-state index in [4.69, 9.17) is 4.74 Å². The highest BCUT2D eigenvalue weighted by atomic mass is 16.5. The zero-order chi connectivity index (χ0) is 10.8. The van der Waals surface area contributed by atoms with Crippen LogP contribution in [0.3, 0.4) is 0 Å². The smallest absolute Gasteiger partial charge is 0.143 e. The molecule has 0 saturated heterocycles. The molecule has 1 aliphatic rings. The summed E-state index contributed by atoms with van der Waals surface area (Å²) in [6.07, 6.45) is 3.96. The van der Waals surface area contributed by atoms with Gasteiger partial charge < -0.3 is 9.64 Å². The van der Waals surface area contributed by atoms with Crippen LogP contribution in [0.1, 0.15) is 25.3 Å². The lowest BCUT2D eigenvalue weighted by Gasteiger charge is -2.18. The molecule has 2 heteroatoms. The summed E-state index contributed by atoms with van der Waals surface area (Å²) in [7, 11) is 4.11. The molecule has 0 atom stereocenters. The second-order valence-corrected chi connectivity index (χ2v) is 4.37. The second kappa shape index (κ2) is 4.13. The van der Waals surface area contributed by atoms with Crippen LogP contribution >= 0.6 is 0 Å². The van der Waals surface area contributed by atoms with E-state index >= 15 is 0 Å². The topological polar surface area (TPSA) is 12.5 Å². The lowest BCUT2D eigenvalue weighted by atomic mass is 10.1. The van der Waals surface area contributed by atoms with Gasteiger partial charge in [-0.3, -0.25) is 0 Å². The molecule has 15 heavy (non-hydrogen) atoms. The van der Waals surface area contributed by atoms with Gasteiger partial charge in [-0.15, -0.1) is 0 Å². The van der Waals surface area contributed by atoms with E-state index in [1.54, 1.807) is 0 Å². The molecule has 0 unspecified atom stereocenters. The number of benzene rings is 1. The van der Waals surface area contributed by atoms with Crippen LogP contribution in [0.15, 0.2) is 18.2 Å². The molecular weight excluding hydrogens is 186 g/mol. The average molecular weight is 205 g/mol. The summed E-state index contributed by atoms with van der Waals surface area (Å²) in [4.78, 5) is 2.11. The van der Waals surface area contributed by atoms with Gasteiger partial charge in [-0.1, -0.05) is 13.0 Å². The van der Waals surface area contributed by atoms with Gasteiger partial charge in [0.2, 0.25) is 0 Å². The largest absolute Gasteiger partial charge is 0.488 e. The molecule has 2 nitrogen and oxygen atoms in total. The Morgan fingerprint density at radius 2 is 2.07 bits per heavy atom. The lowest BCUT2D eigenvalue weighted by molar-refractivity contribution is 0.303. The summed E-state index contributed by atoms with van der Waals surface area (Å²) in [5.74, 6) is 1.04. The molecule has 0 N–H and O–H groups in total. The fraction of sp³-hybridized carbons (Fsp3) is 0.538. The van der Waals surface area contributed by atoms with Crippen molar-refractivity contribution in [1.29, 1.82) is 0 Å². The highest BCUT2D eigenvalue weighted by molar-refractivity contribution is 5.59. The minimum Gasteiger partial charge on any atom is -0.488 e. The fourth-order valence-corrected chi connectivity index (χ4v) is 1.61. The Bertz CT molecular complexity index is 342. The molecule has 1 aliphatic carbocycles. The summed E-state index contributed by atoms with van der Waals surface area (Å²) in [5, 5.41) is 0. The molecule has 1 aromatic carbocycles. The maximum Gasteiger partial charge on any atom is 0.143 e. The molecule has 1 fully saturated rings. The van der Waals surface area contributed by atoms with Crippen molar-refractivity contribution in [1.82, 2.24) is 0 Å².